The first kappa shape index (κ1) is 29.9. The van der Waals surface area contributed by atoms with Gasteiger partial charge < -0.3 is 37.4 Å². The maximum Gasteiger partial charge on any atom is 0.376 e. The smallest absolute Gasteiger partial charge is 0.376 e. The van der Waals surface area contributed by atoms with Gasteiger partial charge in [0, 0.05) is 24.7 Å². The maximum absolute atomic E-state index is 13.8. The van der Waals surface area contributed by atoms with Crippen molar-refractivity contribution in [3.05, 3.63) is 39.2 Å². The van der Waals surface area contributed by atoms with E-state index in [4.69, 9.17) is 53.5 Å². The molecular weight excluding hydrogens is 567 g/mol. The molecule has 1 aromatic carbocycles. The summed E-state index contributed by atoms with van der Waals surface area (Å²) in [7, 11) is -3.82. The SMILES string of the molecule is CCOC(C)OC1C2OC(C)(C)OC2C(OP(C)(=O)Oc2ccc3c(C)c(Cl)c(=O)oc3c2)C2OC(C)(C)OC12. The second-order valence-corrected chi connectivity index (χ2v) is 13.5. The Kier molecular flexibility index (Phi) is 7.96. The number of rotatable bonds is 8. The van der Waals surface area contributed by atoms with Gasteiger partial charge in [0.25, 0.3) is 0 Å². The minimum absolute atomic E-state index is 0.00780. The van der Waals surface area contributed by atoms with Gasteiger partial charge in [-0.15, -0.1) is 0 Å². The van der Waals surface area contributed by atoms with Crippen LogP contribution in [-0.2, 0) is 37.5 Å². The van der Waals surface area contributed by atoms with Gasteiger partial charge in [-0.1, -0.05) is 11.6 Å². The molecule has 13 heteroatoms. The van der Waals surface area contributed by atoms with Crippen molar-refractivity contribution in [2.75, 3.05) is 13.3 Å². The van der Waals surface area contributed by atoms with Gasteiger partial charge in [-0.05, 0) is 66.2 Å². The highest BCUT2D eigenvalue weighted by Crippen LogP contribution is 2.53. The molecule has 1 saturated carbocycles. The van der Waals surface area contributed by atoms with Gasteiger partial charge in [0.1, 0.15) is 53.0 Å². The third kappa shape index (κ3) is 5.86. The van der Waals surface area contributed by atoms with Crippen molar-refractivity contribution in [3.8, 4) is 5.75 Å². The predicted octanol–water partition coefficient (Wildman–Crippen LogP) is 5.16. The Morgan fingerprint density at radius 3 is 2.10 bits per heavy atom. The van der Waals surface area contributed by atoms with E-state index in [0.29, 0.717) is 17.6 Å². The van der Waals surface area contributed by atoms with Crippen LogP contribution >= 0.6 is 19.2 Å². The van der Waals surface area contributed by atoms with Crippen LogP contribution in [0.4, 0.5) is 0 Å². The molecule has 3 fully saturated rings. The number of hydrogen-bond donors (Lipinski definition) is 0. The topological polar surface area (TPSA) is 121 Å². The summed E-state index contributed by atoms with van der Waals surface area (Å²) >= 11 is 6.03. The second kappa shape index (κ2) is 10.6. The minimum Gasteiger partial charge on any atom is -0.424 e. The Labute approximate surface area is 237 Å². The fourth-order valence-corrected chi connectivity index (χ4v) is 6.96. The van der Waals surface area contributed by atoms with Gasteiger partial charge in [0.05, 0.1) is 0 Å². The average molecular weight is 603 g/mol. The molecule has 6 atom stereocenters. The van der Waals surface area contributed by atoms with Gasteiger partial charge in [-0.25, -0.2) is 9.36 Å². The highest BCUT2D eigenvalue weighted by molar-refractivity contribution is 7.53. The third-order valence-corrected chi connectivity index (χ3v) is 8.63. The summed E-state index contributed by atoms with van der Waals surface area (Å²) in [6.45, 7) is 14.4. The summed E-state index contributed by atoms with van der Waals surface area (Å²) in [6.07, 6.45) is -4.76. The number of fused-ring (bicyclic) bond motifs is 3. The van der Waals surface area contributed by atoms with E-state index in [2.05, 4.69) is 0 Å². The zero-order valence-electron chi connectivity index (χ0n) is 23.8. The number of aryl methyl sites for hydroxylation is 1. The Morgan fingerprint density at radius 1 is 1.00 bits per heavy atom. The van der Waals surface area contributed by atoms with E-state index in [1.807, 2.05) is 6.92 Å². The zero-order valence-corrected chi connectivity index (χ0v) is 25.4. The van der Waals surface area contributed by atoms with Gasteiger partial charge in [0.2, 0.25) is 0 Å². The largest absolute Gasteiger partial charge is 0.424 e. The van der Waals surface area contributed by atoms with Crippen molar-refractivity contribution in [1.29, 1.82) is 0 Å². The Morgan fingerprint density at radius 2 is 1.55 bits per heavy atom. The van der Waals surface area contributed by atoms with E-state index in [1.165, 1.54) is 12.7 Å². The van der Waals surface area contributed by atoms with Gasteiger partial charge in [-0.3, -0.25) is 4.52 Å². The first-order valence-electron chi connectivity index (χ1n) is 13.3. The molecule has 3 heterocycles. The van der Waals surface area contributed by atoms with Crippen LogP contribution in [-0.4, -0.2) is 67.8 Å². The zero-order chi connectivity index (χ0) is 29.2. The molecule has 1 aliphatic carbocycles. The van der Waals surface area contributed by atoms with Gasteiger partial charge >= 0.3 is 13.2 Å². The molecule has 222 valence electrons. The molecule has 0 bridgehead atoms. The minimum atomic E-state index is -3.82. The van der Waals surface area contributed by atoms with E-state index < -0.39 is 67.7 Å². The summed E-state index contributed by atoms with van der Waals surface area (Å²) in [5.41, 5.74) is 0.151. The fraction of sp³-hybridized carbons (Fsp3) is 0.667. The lowest BCUT2D eigenvalue weighted by atomic mass is 9.85. The molecule has 0 spiro atoms. The fourth-order valence-electron chi connectivity index (χ4n) is 5.60. The molecule has 40 heavy (non-hydrogen) atoms. The Bertz CT molecular complexity index is 1340. The van der Waals surface area contributed by atoms with E-state index in [0.717, 1.165) is 0 Å². The third-order valence-electron chi connectivity index (χ3n) is 7.03. The molecule has 6 unspecified atom stereocenters. The molecule has 3 aliphatic rings. The van der Waals surface area contributed by atoms with Crippen LogP contribution in [0.2, 0.25) is 5.02 Å². The Balaban J connectivity index is 1.44. The van der Waals surface area contributed by atoms with Crippen molar-refractivity contribution in [2.45, 2.75) is 103 Å². The van der Waals surface area contributed by atoms with Crippen LogP contribution in [0.3, 0.4) is 0 Å². The lowest BCUT2D eigenvalue weighted by Crippen LogP contribution is -2.63. The second-order valence-electron chi connectivity index (χ2n) is 11.2. The monoisotopic (exact) mass is 602 g/mol. The van der Waals surface area contributed by atoms with Crippen LogP contribution in [0.15, 0.2) is 27.4 Å². The molecule has 1 aromatic heterocycles. The molecule has 0 radical (unpaired) electrons. The van der Waals surface area contributed by atoms with Crippen LogP contribution in [0.25, 0.3) is 11.0 Å². The van der Waals surface area contributed by atoms with Crippen molar-refractivity contribution >= 4 is 30.2 Å². The molecule has 2 saturated heterocycles. The standard InChI is InChI=1S/C27H36ClO11P/c1-9-31-14(3)32-19-20-22(36-26(4,5)34-20)24(23-21(19)35-27(6,7)37-23)39-40(8,30)38-15-10-11-16-13(2)18(28)25(29)33-17(16)12-15/h10-12,14,19-24H,9H2,1-8H3. The first-order chi connectivity index (χ1) is 18.6. The molecule has 2 aliphatic heterocycles. The van der Waals surface area contributed by atoms with Crippen molar-refractivity contribution < 1.29 is 46.5 Å². The van der Waals surface area contributed by atoms with Crippen molar-refractivity contribution in [3.63, 3.8) is 0 Å². The van der Waals surface area contributed by atoms with E-state index >= 15 is 0 Å². The summed E-state index contributed by atoms with van der Waals surface area (Å²) < 4.78 is 68.1. The number of halogens is 1. The maximum atomic E-state index is 13.8. The number of hydrogen-bond acceptors (Lipinski definition) is 11. The van der Waals surface area contributed by atoms with Crippen LogP contribution in [0.5, 0.6) is 5.75 Å². The van der Waals surface area contributed by atoms with Crippen LogP contribution in [0.1, 0.15) is 47.1 Å². The number of benzene rings is 1. The van der Waals surface area contributed by atoms with Crippen molar-refractivity contribution in [2.24, 2.45) is 0 Å². The normalized spacial score (nSPS) is 32.8. The predicted molar refractivity (Wildman–Crippen MR) is 145 cm³/mol. The van der Waals surface area contributed by atoms with Gasteiger partial charge in [-0.2, -0.15) is 0 Å². The highest BCUT2D eigenvalue weighted by Gasteiger charge is 2.65. The van der Waals surface area contributed by atoms with Crippen LogP contribution < -0.4 is 10.1 Å². The lowest BCUT2D eigenvalue weighted by molar-refractivity contribution is -0.239. The summed E-state index contributed by atoms with van der Waals surface area (Å²) in [4.78, 5) is 12.1. The van der Waals surface area contributed by atoms with Crippen LogP contribution in [0, 0.1) is 6.92 Å². The number of ether oxygens (including phenoxy) is 6. The average Bonchev–Trinajstić information content (AvgIpc) is 3.34. The molecule has 5 rings (SSSR count). The summed E-state index contributed by atoms with van der Waals surface area (Å²) in [5, 5.41) is 0.639. The lowest BCUT2D eigenvalue weighted by Gasteiger charge is -2.43. The molecule has 2 aromatic rings. The van der Waals surface area contributed by atoms with Crippen molar-refractivity contribution in [1.82, 2.24) is 0 Å². The molecule has 0 amide bonds. The van der Waals surface area contributed by atoms with E-state index in [1.54, 1.807) is 53.7 Å². The molecule has 11 nitrogen and oxygen atoms in total. The molecular formula is C27H36ClO11P. The van der Waals surface area contributed by atoms with Gasteiger partial charge in [0.15, 0.2) is 17.9 Å². The first-order valence-corrected chi connectivity index (χ1v) is 15.6. The van der Waals surface area contributed by atoms with E-state index in [9.17, 15) is 9.36 Å². The van der Waals surface area contributed by atoms with E-state index in [-0.39, 0.29) is 16.4 Å². The Hall–Kier alpha value is -1.53. The highest BCUT2D eigenvalue weighted by atomic mass is 35.5. The quantitative estimate of drug-likeness (QED) is 0.226. The summed E-state index contributed by atoms with van der Waals surface area (Å²) in [6, 6.07) is 4.75. The summed E-state index contributed by atoms with van der Waals surface area (Å²) in [5.74, 6) is -1.77. The molecule has 0 N–H and O–H groups in total.